The molecule has 1 rings (SSSR count). The van der Waals surface area contributed by atoms with Gasteiger partial charge in [-0.15, -0.1) is 0 Å². The van der Waals surface area contributed by atoms with Gasteiger partial charge in [-0.2, -0.15) is 5.26 Å². The lowest BCUT2D eigenvalue weighted by Gasteiger charge is -2.43. The van der Waals surface area contributed by atoms with Crippen LogP contribution in [0.1, 0.15) is 66.2 Å². The average molecular weight is 264 g/mol. The van der Waals surface area contributed by atoms with E-state index in [1.54, 1.807) is 0 Å². The van der Waals surface area contributed by atoms with Gasteiger partial charge in [-0.25, -0.2) is 0 Å². The third-order valence-electron chi connectivity index (χ3n) is 4.89. The Bertz CT molecular complexity index is 297. The maximum atomic E-state index is 9.39. The summed E-state index contributed by atoms with van der Waals surface area (Å²) in [4.78, 5) is 2.46. The zero-order valence-electron chi connectivity index (χ0n) is 13.6. The first-order chi connectivity index (χ1) is 8.90. The van der Waals surface area contributed by atoms with Crippen LogP contribution in [-0.2, 0) is 0 Å². The van der Waals surface area contributed by atoms with Crippen molar-refractivity contribution in [3.8, 4) is 6.07 Å². The normalized spacial score (nSPS) is 28.4. The molecule has 0 amide bonds. The highest BCUT2D eigenvalue weighted by Gasteiger charge is 2.37. The minimum absolute atomic E-state index is 0.241. The lowest BCUT2D eigenvalue weighted by Crippen LogP contribution is -2.44. The van der Waals surface area contributed by atoms with Gasteiger partial charge in [0.25, 0.3) is 0 Å². The number of hydrogen-bond acceptors (Lipinski definition) is 2. The fourth-order valence-corrected chi connectivity index (χ4v) is 3.35. The molecule has 1 aliphatic carbocycles. The Hall–Kier alpha value is -0.550. The summed E-state index contributed by atoms with van der Waals surface area (Å²) in [5.74, 6) is 1.00. The molecule has 110 valence electrons. The highest BCUT2D eigenvalue weighted by molar-refractivity contribution is 4.98. The van der Waals surface area contributed by atoms with Gasteiger partial charge in [0, 0.05) is 6.04 Å². The summed E-state index contributed by atoms with van der Waals surface area (Å²) in [7, 11) is 2.22. The lowest BCUT2D eigenvalue weighted by atomic mass is 9.68. The van der Waals surface area contributed by atoms with E-state index in [1.165, 1.54) is 32.1 Å². The first-order valence-electron chi connectivity index (χ1n) is 8.00. The molecule has 0 spiro atoms. The molecule has 2 heteroatoms. The number of unbranched alkanes of at least 4 members (excludes halogenated alkanes) is 2. The summed E-state index contributed by atoms with van der Waals surface area (Å²) in [5, 5.41) is 9.39. The van der Waals surface area contributed by atoms with Crippen LogP contribution in [0.5, 0.6) is 0 Å². The first kappa shape index (κ1) is 16.5. The fourth-order valence-electron chi connectivity index (χ4n) is 3.35. The predicted molar refractivity (Wildman–Crippen MR) is 81.8 cm³/mol. The van der Waals surface area contributed by atoms with Crippen LogP contribution in [0.25, 0.3) is 0 Å². The molecule has 1 aliphatic rings. The van der Waals surface area contributed by atoms with Crippen LogP contribution in [0.4, 0.5) is 0 Å². The molecule has 3 atom stereocenters. The van der Waals surface area contributed by atoms with Crippen LogP contribution in [0, 0.1) is 28.6 Å². The predicted octanol–water partition coefficient (Wildman–Crippen LogP) is 4.46. The quantitative estimate of drug-likeness (QED) is 0.685. The molecule has 19 heavy (non-hydrogen) atoms. The smallest absolute Gasteiger partial charge is 0.0672 e. The van der Waals surface area contributed by atoms with E-state index >= 15 is 0 Å². The molecule has 0 aromatic rings. The van der Waals surface area contributed by atoms with Crippen molar-refractivity contribution in [3.05, 3.63) is 0 Å². The lowest BCUT2D eigenvalue weighted by molar-refractivity contribution is 0.0742. The van der Waals surface area contributed by atoms with Crippen LogP contribution in [-0.4, -0.2) is 24.5 Å². The van der Waals surface area contributed by atoms with Crippen molar-refractivity contribution >= 4 is 0 Å². The van der Waals surface area contributed by atoms with Crippen LogP contribution in [0.15, 0.2) is 0 Å². The SMILES string of the molecule is CCCCCN(C)C1CC(C(C)(C)C)CCC1C#N. The van der Waals surface area contributed by atoms with E-state index in [-0.39, 0.29) is 5.92 Å². The maximum Gasteiger partial charge on any atom is 0.0672 e. The summed E-state index contributed by atoms with van der Waals surface area (Å²) in [6.07, 6.45) is 7.34. The minimum atomic E-state index is 0.241. The van der Waals surface area contributed by atoms with E-state index in [4.69, 9.17) is 0 Å². The fraction of sp³-hybridized carbons (Fsp3) is 0.941. The molecule has 0 N–H and O–H groups in total. The van der Waals surface area contributed by atoms with Gasteiger partial charge < -0.3 is 4.90 Å². The standard InChI is InChI=1S/C17H32N2/c1-6-7-8-11-19(5)16-12-15(17(2,3)4)10-9-14(16)13-18/h14-16H,6-12H2,1-5H3. The van der Waals surface area contributed by atoms with Gasteiger partial charge in [0.2, 0.25) is 0 Å². The van der Waals surface area contributed by atoms with E-state index < -0.39 is 0 Å². The van der Waals surface area contributed by atoms with Gasteiger partial charge >= 0.3 is 0 Å². The largest absolute Gasteiger partial charge is 0.302 e. The minimum Gasteiger partial charge on any atom is -0.302 e. The van der Waals surface area contributed by atoms with Crippen molar-refractivity contribution in [1.82, 2.24) is 4.90 Å². The number of nitrogens with zero attached hydrogens (tertiary/aromatic N) is 2. The molecule has 0 radical (unpaired) electrons. The van der Waals surface area contributed by atoms with E-state index in [1.807, 2.05) is 0 Å². The van der Waals surface area contributed by atoms with E-state index in [9.17, 15) is 5.26 Å². The number of rotatable bonds is 5. The monoisotopic (exact) mass is 264 g/mol. The second-order valence-corrected chi connectivity index (χ2v) is 7.37. The second kappa shape index (κ2) is 7.29. The molecule has 1 saturated carbocycles. The maximum absolute atomic E-state index is 9.39. The van der Waals surface area contributed by atoms with Gasteiger partial charge in [-0.1, -0.05) is 40.5 Å². The van der Waals surface area contributed by atoms with Crippen LogP contribution < -0.4 is 0 Å². The molecule has 0 aliphatic heterocycles. The van der Waals surface area contributed by atoms with Crippen molar-refractivity contribution in [2.45, 2.75) is 72.3 Å². The first-order valence-corrected chi connectivity index (χ1v) is 8.00. The van der Waals surface area contributed by atoms with Crippen molar-refractivity contribution in [3.63, 3.8) is 0 Å². The summed E-state index contributed by atoms with van der Waals surface area (Å²) < 4.78 is 0. The van der Waals surface area contributed by atoms with Crippen molar-refractivity contribution in [2.24, 2.45) is 17.3 Å². The molecule has 0 aromatic carbocycles. The molecule has 0 heterocycles. The van der Waals surface area contributed by atoms with Crippen LogP contribution >= 0.6 is 0 Å². The Kier molecular flexibility index (Phi) is 6.33. The van der Waals surface area contributed by atoms with Crippen LogP contribution in [0.3, 0.4) is 0 Å². The Morgan fingerprint density at radius 3 is 2.42 bits per heavy atom. The summed E-state index contributed by atoms with van der Waals surface area (Å²) in [6.45, 7) is 10.4. The molecule has 1 fully saturated rings. The summed E-state index contributed by atoms with van der Waals surface area (Å²) >= 11 is 0. The highest BCUT2D eigenvalue weighted by atomic mass is 15.1. The topological polar surface area (TPSA) is 27.0 Å². The van der Waals surface area contributed by atoms with Gasteiger partial charge in [0.15, 0.2) is 0 Å². The molecule has 2 nitrogen and oxygen atoms in total. The van der Waals surface area contributed by atoms with E-state index in [0.717, 1.165) is 18.9 Å². The summed E-state index contributed by atoms with van der Waals surface area (Å²) in [6, 6.07) is 3.03. The molecular formula is C17H32N2. The highest BCUT2D eigenvalue weighted by Crippen LogP contribution is 2.41. The Balaban J connectivity index is 2.62. The van der Waals surface area contributed by atoms with E-state index in [2.05, 4.69) is 45.7 Å². The molecule has 0 saturated heterocycles. The third-order valence-corrected chi connectivity index (χ3v) is 4.89. The van der Waals surface area contributed by atoms with Crippen molar-refractivity contribution in [2.75, 3.05) is 13.6 Å². The van der Waals surface area contributed by atoms with Gasteiger partial charge in [-0.3, -0.25) is 0 Å². The molecule has 0 bridgehead atoms. The number of hydrogen-bond donors (Lipinski definition) is 0. The summed E-state index contributed by atoms with van der Waals surface area (Å²) in [5.41, 5.74) is 0.378. The Labute approximate surface area is 120 Å². The van der Waals surface area contributed by atoms with Crippen molar-refractivity contribution < 1.29 is 0 Å². The van der Waals surface area contributed by atoms with Gasteiger partial charge in [-0.05, 0) is 50.6 Å². The molecule has 3 unspecified atom stereocenters. The second-order valence-electron chi connectivity index (χ2n) is 7.37. The third kappa shape index (κ3) is 4.80. The van der Waals surface area contributed by atoms with Gasteiger partial charge in [0.05, 0.1) is 12.0 Å². The van der Waals surface area contributed by atoms with Gasteiger partial charge in [0.1, 0.15) is 0 Å². The molecule has 0 aromatic heterocycles. The zero-order valence-corrected chi connectivity index (χ0v) is 13.6. The van der Waals surface area contributed by atoms with Crippen molar-refractivity contribution in [1.29, 1.82) is 5.26 Å². The molecular weight excluding hydrogens is 232 g/mol. The Morgan fingerprint density at radius 2 is 1.89 bits per heavy atom. The van der Waals surface area contributed by atoms with Crippen LogP contribution in [0.2, 0.25) is 0 Å². The van der Waals surface area contributed by atoms with E-state index in [0.29, 0.717) is 11.5 Å². The zero-order chi connectivity index (χ0) is 14.5. The Morgan fingerprint density at radius 1 is 1.21 bits per heavy atom. The average Bonchev–Trinajstić information content (AvgIpc) is 2.37. The number of nitriles is 1.